The lowest BCUT2D eigenvalue weighted by Crippen LogP contribution is -2.43. The van der Waals surface area contributed by atoms with Gasteiger partial charge < -0.3 is 14.4 Å². The zero-order valence-corrected chi connectivity index (χ0v) is 16.3. The Bertz CT molecular complexity index is 765. The van der Waals surface area contributed by atoms with Crippen molar-refractivity contribution in [3.05, 3.63) is 42.2 Å². The molecule has 27 heavy (non-hydrogen) atoms. The molecule has 1 aliphatic carbocycles. The molecule has 2 aromatic rings. The van der Waals surface area contributed by atoms with Crippen LogP contribution >= 0.6 is 0 Å². The summed E-state index contributed by atoms with van der Waals surface area (Å²) >= 11 is 0. The third-order valence-electron chi connectivity index (χ3n) is 5.80. The van der Waals surface area contributed by atoms with Crippen molar-refractivity contribution in [1.29, 1.82) is 0 Å². The van der Waals surface area contributed by atoms with Crippen LogP contribution in [0.2, 0.25) is 0 Å². The molecule has 144 valence electrons. The second kappa shape index (κ2) is 7.72. The van der Waals surface area contributed by atoms with Crippen molar-refractivity contribution >= 4 is 5.95 Å². The molecule has 1 saturated heterocycles. The van der Waals surface area contributed by atoms with Gasteiger partial charge in [-0.3, -0.25) is 4.90 Å². The number of nitrogens with zero attached hydrogens (tertiary/aromatic N) is 4. The summed E-state index contributed by atoms with van der Waals surface area (Å²) in [6, 6.07) is 8.95. The average Bonchev–Trinajstić information content (AvgIpc) is 3.29. The molecule has 1 saturated carbocycles. The highest BCUT2D eigenvalue weighted by molar-refractivity contribution is 5.33. The van der Waals surface area contributed by atoms with Gasteiger partial charge >= 0.3 is 0 Å². The largest absolute Gasteiger partial charge is 0.497 e. The van der Waals surface area contributed by atoms with Crippen LogP contribution < -0.4 is 14.4 Å². The fourth-order valence-electron chi connectivity index (χ4n) is 4.41. The van der Waals surface area contributed by atoms with E-state index in [9.17, 15) is 0 Å². The van der Waals surface area contributed by atoms with Crippen LogP contribution in [0.1, 0.15) is 24.8 Å². The summed E-state index contributed by atoms with van der Waals surface area (Å²) in [5.74, 6) is 3.17. The first-order valence-corrected chi connectivity index (χ1v) is 9.65. The molecule has 3 atom stereocenters. The molecule has 1 aromatic heterocycles. The third kappa shape index (κ3) is 3.86. The number of aromatic nitrogens is 2. The van der Waals surface area contributed by atoms with Crippen molar-refractivity contribution in [2.45, 2.75) is 37.9 Å². The molecule has 6 heteroatoms. The number of hydrogen-bond donors (Lipinski definition) is 0. The first kappa shape index (κ1) is 18.0. The van der Waals surface area contributed by atoms with Gasteiger partial charge in [0, 0.05) is 56.7 Å². The topological polar surface area (TPSA) is 50.7 Å². The summed E-state index contributed by atoms with van der Waals surface area (Å²) in [5.41, 5.74) is 1.17. The number of likely N-dealkylation sites (tertiary alicyclic amines) is 1. The number of methoxy groups -OCH3 is 1. The number of hydrogen-bond acceptors (Lipinski definition) is 6. The lowest BCUT2D eigenvalue weighted by atomic mass is 9.99. The van der Waals surface area contributed by atoms with E-state index >= 15 is 0 Å². The van der Waals surface area contributed by atoms with E-state index in [2.05, 4.69) is 14.9 Å². The summed E-state index contributed by atoms with van der Waals surface area (Å²) in [7, 11) is 5.60. The molecule has 0 unspecified atom stereocenters. The van der Waals surface area contributed by atoms with E-state index in [4.69, 9.17) is 9.47 Å². The van der Waals surface area contributed by atoms with Crippen LogP contribution in [0, 0.1) is 5.92 Å². The highest BCUT2D eigenvalue weighted by Gasteiger charge is 2.45. The molecule has 2 aliphatic rings. The Morgan fingerprint density at radius 2 is 1.93 bits per heavy atom. The van der Waals surface area contributed by atoms with Gasteiger partial charge in [-0.2, -0.15) is 0 Å². The van der Waals surface area contributed by atoms with E-state index in [-0.39, 0.29) is 0 Å². The van der Waals surface area contributed by atoms with Gasteiger partial charge in [0.25, 0.3) is 0 Å². The van der Waals surface area contributed by atoms with Gasteiger partial charge in [-0.1, -0.05) is 6.07 Å². The second-order valence-corrected chi connectivity index (χ2v) is 7.74. The molecule has 4 rings (SSSR count). The molecular formula is C21H28N4O2. The lowest BCUT2D eigenvalue weighted by molar-refractivity contribution is 0.0865. The van der Waals surface area contributed by atoms with Crippen molar-refractivity contribution < 1.29 is 9.47 Å². The van der Waals surface area contributed by atoms with Crippen molar-refractivity contribution in [3.8, 4) is 11.5 Å². The quantitative estimate of drug-likeness (QED) is 0.749. The average molecular weight is 368 g/mol. The maximum absolute atomic E-state index is 6.14. The number of benzene rings is 1. The van der Waals surface area contributed by atoms with Gasteiger partial charge in [0.15, 0.2) is 0 Å². The molecule has 1 aliphatic heterocycles. The molecule has 2 heterocycles. The van der Waals surface area contributed by atoms with Gasteiger partial charge in [0.1, 0.15) is 18.1 Å². The van der Waals surface area contributed by atoms with Crippen LogP contribution in [-0.2, 0) is 6.54 Å². The highest BCUT2D eigenvalue weighted by atomic mass is 16.5. The van der Waals surface area contributed by atoms with E-state index in [1.807, 2.05) is 55.7 Å². The summed E-state index contributed by atoms with van der Waals surface area (Å²) in [4.78, 5) is 13.4. The van der Waals surface area contributed by atoms with Crippen LogP contribution in [0.25, 0.3) is 0 Å². The summed E-state index contributed by atoms with van der Waals surface area (Å²) in [6.07, 6.45) is 7.78. The Morgan fingerprint density at radius 1 is 1.15 bits per heavy atom. The number of ether oxygens (including phenoxy) is 2. The van der Waals surface area contributed by atoms with Crippen LogP contribution in [0.15, 0.2) is 36.7 Å². The molecular weight excluding hydrogens is 340 g/mol. The molecule has 0 radical (unpaired) electrons. The van der Waals surface area contributed by atoms with Gasteiger partial charge in [0.05, 0.1) is 7.11 Å². The Hall–Kier alpha value is -2.34. The SMILES string of the molecule is COc1cccc(OC[C@@H]2[C@@H]3CC[C@H](C3)N2Cc2cnc(N(C)C)nc2)c1. The maximum Gasteiger partial charge on any atom is 0.224 e. The molecule has 0 spiro atoms. The monoisotopic (exact) mass is 368 g/mol. The molecule has 2 fully saturated rings. The minimum absolute atomic E-state index is 0.448. The number of fused-ring (bicyclic) bond motifs is 2. The van der Waals surface area contributed by atoms with Crippen molar-refractivity contribution in [3.63, 3.8) is 0 Å². The van der Waals surface area contributed by atoms with Crippen molar-refractivity contribution in [2.75, 3.05) is 32.7 Å². The predicted octanol–water partition coefficient (Wildman–Crippen LogP) is 2.98. The van der Waals surface area contributed by atoms with Crippen LogP contribution in [-0.4, -0.2) is 54.8 Å². The van der Waals surface area contributed by atoms with Crippen molar-refractivity contribution in [2.24, 2.45) is 5.92 Å². The molecule has 2 bridgehead atoms. The maximum atomic E-state index is 6.14. The summed E-state index contributed by atoms with van der Waals surface area (Å²) in [6.45, 7) is 1.60. The molecule has 0 N–H and O–H groups in total. The van der Waals surface area contributed by atoms with Crippen molar-refractivity contribution in [1.82, 2.24) is 14.9 Å². The predicted molar refractivity (Wildman–Crippen MR) is 105 cm³/mol. The molecule has 1 aromatic carbocycles. The van der Waals surface area contributed by atoms with E-state index in [1.165, 1.54) is 24.8 Å². The van der Waals surface area contributed by atoms with Gasteiger partial charge in [-0.15, -0.1) is 0 Å². The minimum Gasteiger partial charge on any atom is -0.497 e. The number of rotatable bonds is 7. The van der Waals surface area contributed by atoms with Gasteiger partial charge in [0.2, 0.25) is 5.95 Å². The van der Waals surface area contributed by atoms with Crippen LogP contribution in [0.3, 0.4) is 0 Å². The van der Waals surface area contributed by atoms with Gasteiger partial charge in [-0.25, -0.2) is 9.97 Å². The van der Waals surface area contributed by atoms with Crippen LogP contribution in [0.5, 0.6) is 11.5 Å². The third-order valence-corrected chi connectivity index (χ3v) is 5.80. The van der Waals surface area contributed by atoms with E-state index in [0.29, 0.717) is 18.7 Å². The zero-order valence-electron chi connectivity index (χ0n) is 16.3. The standard InChI is InChI=1S/C21H28N4O2/c1-24(2)21-22-11-15(12-23-21)13-25-17-8-7-16(9-17)20(25)14-27-19-6-4-5-18(10-19)26-3/h4-6,10-12,16-17,20H,7-9,13-14H2,1-3H3/t16-,17-,20-/m1/s1. The smallest absolute Gasteiger partial charge is 0.224 e. The van der Waals surface area contributed by atoms with E-state index < -0.39 is 0 Å². The van der Waals surface area contributed by atoms with Gasteiger partial charge in [-0.05, 0) is 37.3 Å². The second-order valence-electron chi connectivity index (χ2n) is 7.74. The Labute approximate surface area is 161 Å². The lowest BCUT2D eigenvalue weighted by Gasteiger charge is -2.35. The number of anilines is 1. The summed E-state index contributed by atoms with van der Waals surface area (Å²) in [5, 5.41) is 0. The number of piperidine rings is 1. The Morgan fingerprint density at radius 3 is 2.67 bits per heavy atom. The van der Waals surface area contributed by atoms with Crippen LogP contribution in [0.4, 0.5) is 5.95 Å². The Kier molecular flexibility index (Phi) is 5.16. The minimum atomic E-state index is 0.448. The van der Waals surface area contributed by atoms with E-state index in [1.54, 1.807) is 7.11 Å². The molecule has 6 nitrogen and oxygen atoms in total. The molecule has 0 amide bonds. The first-order valence-electron chi connectivity index (χ1n) is 9.65. The normalized spacial score (nSPS) is 24.2. The fourth-order valence-corrected chi connectivity index (χ4v) is 4.41. The van der Waals surface area contributed by atoms with E-state index in [0.717, 1.165) is 29.9 Å². The first-order chi connectivity index (χ1) is 13.1. The Balaban J connectivity index is 1.43. The summed E-state index contributed by atoms with van der Waals surface area (Å²) < 4.78 is 11.4. The zero-order chi connectivity index (χ0) is 18.8. The fraction of sp³-hybridized carbons (Fsp3) is 0.524. The highest BCUT2D eigenvalue weighted by Crippen LogP contribution is 2.43.